The molecule has 2 fully saturated rings. The summed E-state index contributed by atoms with van der Waals surface area (Å²) in [4.78, 5) is 26.7. The van der Waals surface area contributed by atoms with Crippen molar-refractivity contribution >= 4 is 11.7 Å². The summed E-state index contributed by atoms with van der Waals surface area (Å²) < 4.78 is 11.4. The molecular weight excluding hydrogens is 306 g/mol. The highest BCUT2D eigenvalue weighted by Gasteiger charge is 2.48. The molecule has 1 aromatic rings. The smallest absolute Gasteiger partial charge is 0.252 e. The Hall–Kier alpha value is -1.72. The third kappa shape index (κ3) is 3.68. The van der Waals surface area contributed by atoms with E-state index < -0.39 is 12.1 Å². The van der Waals surface area contributed by atoms with E-state index in [4.69, 9.17) is 9.47 Å². The van der Waals surface area contributed by atoms with Gasteiger partial charge in [-0.3, -0.25) is 9.59 Å². The topological polar surface area (TPSA) is 55.8 Å². The highest BCUT2D eigenvalue weighted by Crippen LogP contribution is 2.28. The van der Waals surface area contributed by atoms with Gasteiger partial charge in [-0.25, -0.2) is 0 Å². The van der Waals surface area contributed by atoms with Gasteiger partial charge in [-0.15, -0.1) is 0 Å². The molecule has 0 saturated carbocycles. The van der Waals surface area contributed by atoms with Crippen LogP contribution in [0.25, 0.3) is 0 Å². The maximum absolute atomic E-state index is 13.0. The molecule has 3 atom stereocenters. The van der Waals surface area contributed by atoms with E-state index in [0.717, 1.165) is 12.0 Å². The van der Waals surface area contributed by atoms with Crippen LogP contribution in [0.5, 0.6) is 0 Å². The highest BCUT2D eigenvalue weighted by atomic mass is 16.5. The summed E-state index contributed by atoms with van der Waals surface area (Å²) >= 11 is 0. The fourth-order valence-electron chi connectivity index (χ4n) is 3.47. The van der Waals surface area contributed by atoms with Gasteiger partial charge >= 0.3 is 0 Å². The zero-order chi connectivity index (χ0) is 17.1. The van der Waals surface area contributed by atoms with Crippen LogP contribution in [-0.2, 0) is 25.7 Å². The molecule has 5 heteroatoms. The number of ether oxygens (including phenoxy) is 2. The van der Waals surface area contributed by atoms with Crippen molar-refractivity contribution in [3.63, 3.8) is 0 Å². The summed E-state index contributed by atoms with van der Waals surface area (Å²) in [5.41, 5.74) is 1.04. The standard InChI is InChI=1S/C19H25NO4/c1-13(2)10-17(23-11-14-6-4-3-5-7-14)19(22)20-9-8-16-18(20)15(21)12-24-16/h3-7,13,16-18H,8-12H2,1-2H3/t16-,17?,18-/m1/s1. The monoisotopic (exact) mass is 331 g/mol. The predicted octanol–water partition coefficient (Wildman–Crippen LogP) is 2.19. The van der Waals surface area contributed by atoms with E-state index in [1.54, 1.807) is 4.90 Å². The SMILES string of the molecule is CC(C)CC(OCc1ccccc1)C(=O)N1CC[C@H]2OCC(=O)[C@H]21. The molecule has 1 aromatic carbocycles. The first-order chi connectivity index (χ1) is 11.6. The van der Waals surface area contributed by atoms with Gasteiger partial charge in [0.25, 0.3) is 5.91 Å². The molecule has 3 rings (SSSR count). The van der Waals surface area contributed by atoms with Gasteiger partial charge in [-0.1, -0.05) is 44.2 Å². The lowest BCUT2D eigenvalue weighted by atomic mass is 10.0. The molecule has 1 amide bonds. The summed E-state index contributed by atoms with van der Waals surface area (Å²) in [5.74, 6) is 0.270. The van der Waals surface area contributed by atoms with Crippen molar-refractivity contribution in [1.82, 2.24) is 4.90 Å². The molecule has 130 valence electrons. The van der Waals surface area contributed by atoms with Crippen LogP contribution < -0.4 is 0 Å². The largest absolute Gasteiger partial charge is 0.368 e. The van der Waals surface area contributed by atoms with Crippen LogP contribution in [0.1, 0.15) is 32.3 Å². The molecule has 0 aliphatic carbocycles. The fraction of sp³-hybridized carbons (Fsp3) is 0.579. The normalized spacial score (nSPS) is 24.5. The van der Waals surface area contributed by atoms with E-state index in [1.165, 1.54) is 0 Å². The van der Waals surface area contributed by atoms with Crippen molar-refractivity contribution in [2.75, 3.05) is 13.2 Å². The second-order valence-electron chi connectivity index (χ2n) is 7.00. The predicted molar refractivity (Wildman–Crippen MR) is 89.3 cm³/mol. The molecule has 2 aliphatic heterocycles. The number of amides is 1. The Morgan fingerprint density at radius 1 is 1.33 bits per heavy atom. The second kappa shape index (κ2) is 7.45. The van der Waals surface area contributed by atoms with E-state index in [2.05, 4.69) is 13.8 Å². The number of nitrogens with zero attached hydrogens (tertiary/aromatic N) is 1. The maximum atomic E-state index is 13.0. The lowest BCUT2D eigenvalue weighted by Crippen LogP contribution is -2.47. The van der Waals surface area contributed by atoms with Gasteiger partial charge < -0.3 is 14.4 Å². The van der Waals surface area contributed by atoms with Crippen molar-refractivity contribution in [1.29, 1.82) is 0 Å². The number of fused-ring (bicyclic) bond motifs is 1. The zero-order valence-electron chi connectivity index (χ0n) is 14.3. The molecule has 24 heavy (non-hydrogen) atoms. The molecule has 0 aromatic heterocycles. The molecular formula is C19H25NO4. The van der Waals surface area contributed by atoms with Crippen LogP contribution in [-0.4, -0.2) is 48.0 Å². The molecule has 0 N–H and O–H groups in total. The van der Waals surface area contributed by atoms with Crippen LogP contribution in [0.3, 0.4) is 0 Å². The Morgan fingerprint density at radius 3 is 2.79 bits per heavy atom. The van der Waals surface area contributed by atoms with E-state index in [9.17, 15) is 9.59 Å². The first kappa shape index (κ1) is 17.1. The Labute approximate surface area is 142 Å². The van der Waals surface area contributed by atoms with Crippen LogP contribution in [0.15, 0.2) is 30.3 Å². The van der Waals surface area contributed by atoms with Crippen molar-refractivity contribution < 1.29 is 19.1 Å². The zero-order valence-corrected chi connectivity index (χ0v) is 14.3. The number of hydrogen-bond donors (Lipinski definition) is 0. The van der Waals surface area contributed by atoms with Crippen LogP contribution >= 0.6 is 0 Å². The first-order valence-electron chi connectivity index (χ1n) is 8.66. The highest BCUT2D eigenvalue weighted by molar-refractivity contribution is 5.93. The lowest BCUT2D eigenvalue weighted by molar-refractivity contribution is -0.148. The number of ketones is 1. The minimum atomic E-state index is -0.516. The van der Waals surface area contributed by atoms with Gasteiger partial charge in [-0.05, 0) is 24.3 Å². The summed E-state index contributed by atoms with van der Waals surface area (Å²) in [5, 5.41) is 0. The lowest BCUT2D eigenvalue weighted by Gasteiger charge is -2.28. The first-order valence-corrected chi connectivity index (χ1v) is 8.66. The third-order valence-electron chi connectivity index (χ3n) is 4.65. The number of carbonyl (C=O) groups excluding carboxylic acids is 2. The van der Waals surface area contributed by atoms with E-state index >= 15 is 0 Å². The Kier molecular flexibility index (Phi) is 5.31. The van der Waals surface area contributed by atoms with Crippen molar-refractivity contribution in [3.05, 3.63) is 35.9 Å². The number of hydrogen-bond acceptors (Lipinski definition) is 4. The molecule has 0 spiro atoms. The summed E-state index contributed by atoms with van der Waals surface area (Å²) in [6, 6.07) is 9.42. The van der Waals surface area contributed by atoms with Gasteiger partial charge in [-0.2, -0.15) is 0 Å². The second-order valence-corrected chi connectivity index (χ2v) is 7.00. The van der Waals surface area contributed by atoms with Crippen LogP contribution in [0.2, 0.25) is 0 Å². The molecule has 2 heterocycles. The van der Waals surface area contributed by atoms with E-state index in [0.29, 0.717) is 25.5 Å². The van der Waals surface area contributed by atoms with Gasteiger partial charge in [0, 0.05) is 6.54 Å². The van der Waals surface area contributed by atoms with E-state index in [1.807, 2.05) is 30.3 Å². The molecule has 2 aliphatic rings. The van der Waals surface area contributed by atoms with Crippen LogP contribution in [0, 0.1) is 5.92 Å². The number of likely N-dealkylation sites (tertiary alicyclic amines) is 1. The Morgan fingerprint density at radius 2 is 2.08 bits per heavy atom. The maximum Gasteiger partial charge on any atom is 0.252 e. The number of benzene rings is 1. The van der Waals surface area contributed by atoms with Gasteiger partial charge in [0.1, 0.15) is 18.8 Å². The Bertz CT molecular complexity index is 586. The number of carbonyl (C=O) groups is 2. The third-order valence-corrected chi connectivity index (χ3v) is 4.65. The molecule has 5 nitrogen and oxygen atoms in total. The Balaban J connectivity index is 1.68. The van der Waals surface area contributed by atoms with Crippen molar-refractivity contribution in [2.45, 2.75) is 51.5 Å². The molecule has 1 unspecified atom stereocenters. The molecule has 0 bridgehead atoms. The fourth-order valence-corrected chi connectivity index (χ4v) is 3.47. The quantitative estimate of drug-likeness (QED) is 0.802. The number of rotatable bonds is 6. The van der Waals surface area contributed by atoms with E-state index in [-0.39, 0.29) is 24.4 Å². The number of Topliss-reactive ketones (excluding diaryl/α,β-unsaturated/α-hetero) is 1. The summed E-state index contributed by atoms with van der Waals surface area (Å²) in [7, 11) is 0. The summed E-state index contributed by atoms with van der Waals surface area (Å²) in [6.45, 7) is 5.24. The average Bonchev–Trinajstić information content (AvgIpc) is 3.15. The van der Waals surface area contributed by atoms with Crippen LogP contribution in [0.4, 0.5) is 0 Å². The molecule has 2 saturated heterocycles. The minimum absolute atomic E-state index is 0.0113. The average molecular weight is 331 g/mol. The molecule has 0 radical (unpaired) electrons. The van der Waals surface area contributed by atoms with Crippen molar-refractivity contribution in [2.24, 2.45) is 5.92 Å². The summed E-state index contributed by atoms with van der Waals surface area (Å²) in [6.07, 6.45) is 0.733. The van der Waals surface area contributed by atoms with Gasteiger partial charge in [0.05, 0.1) is 12.7 Å². The van der Waals surface area contributed by atoms with Gasteiger partial charge in [0.2, 0.25) is 0 Å². The minimum Gasteiger partial charge on any atom is -0.368 e. The van der Waals surface area contributed by atoms with Gasteiger partial charge in [0.15, 0.2) is 5.78 Å². The van der Waals surface area contributed by atoms with Crippen molar-refractivity contribution in [3.8, 4) is 0 Å².